The van der Waals surface area contributed by atoms with Gasteiger partial charge in [0, 0.05) is 18.4 Å². The van der Waals surface area contributed by atoms with Gasteiger partial charge in [0.1, 0.15) is 12.4 Å². The number of hydrogen-bond donors (Lipinski definition) is 1. The normalized spacial score (nSPS) is 11.2. The summed E-state index contributed by atoms with van der Waals surface area (Å²) in [6, 6.07) is 16.4. The summed E-state index contributed by atoms with van der Waals surface area (Å²) in [5.74, 6) is 1.29. The minimum atomic E-state index is -4.12. The molecule has 0 saturated heterocycles. The molecule has 204 valence electrons. The number of rotatable bonds is 13. The fraction of sp³-hybridized carbons (Fsp3) is 0.321. The molecule has 1 amide bonds. The molecule has 0 aliphatic carbocycles. The Morgan fingerprint density at radius 1 is 0.974 bits per heavy atom. The summed E-state index contributed by atoms with van der Waals surface area (Å²) in [5, 5.41) is 2.81. The lowest BCUT2D eigenvalue weighted by atomic mass is 10.1. The van der Waals surface area contributed by atoms with Crippen molar-refractivity contribution in [3.8, 4) is 11.5 Å². The van der Waals surface area contributed by atoms with Gasteiger partial charge in [0.05, 0.1) is 24.8 Å². The monoisotopic (exact) mass is 560 g/mol. The number of methoxy groups -OCH3 is 2. The number of sulfonamides is 1. The van der Waals surface area contributed by atoms with Gasteiger partial charge in [0.15, 0.2) is 11.5 Å². The molecule has 38 heavy (non-hydrogen) atoms. The summed E-state index contributed by atoms with van der Waals surface area (Å²) >= 11 is 1.57. The number of ether oxygens (including phenoxy) is 2. The number of carbonyl (C=O) groups excluding carboxylic acids is 1. The van der Waals surface area contributed by atoms with Gasteiger partial charge in [0.2, 0.25) is 5.91 Å². The van der Waals surface area contributed by atoms with Gasteiger partial charge in [-0.2, -0.15) is 11.8 Å². The van der Waals surface area contributed by atoms with Crippen LogP contribution in [0.1, 0.15) is 23.1 Å². The SMILES string of the molecule is COc1ccc(S(=O)(=O)N(CC(=O)NCCCSCc2ccccc2F)c2cc(C)cc(C)c2)cc1OC. The molecule has 0 aliphatic heterocycles. The maximum atomic E-state index is 13.8. The highest BCUT2D eigenvalue weighted by Crippen LogP contribution is 2.32. The van der Waals surface area contributed by atoms with Crippen molar-refractivity contribution in [2.75, 3.05) is 37.4 Å². The van der Waals surface area contributed by atoms with Crippen molar-refractivity contribution in [2.24, 2.45) is 0 Å². The minimum absolute atomic E-state index is 0.0216. The number of halogens is 1. The third kappa shape index (κ3) is 7.64. The van der Waals surface area contributed by atoms with Crippen LogP contribution in [0.4, 0.5) is 10.1 Å². The molecule has 0 aromatic heterocycles. The van der Waals surface area contributed by atoms with Gasteiger partial charge >= 0.3 is 0 Å². The zero-order valence-electron chi connectivity index (χ0n) is 22.0. The van der Waals surface area contributed by atoms with E-state index < -0.39 is 15.9 Å². The van der Waals surface area contributed by atoms with Gasteiger partial charge in [-0.25, -0.2) is 12.8 Å². The number of thioether (sulfide) groups is 1. The molecule has 0 spiro atoms. The van der Waals surface area contributed by atoms with Crippen molar-refractivity contribution < 1.29 is 27.1 Å². The molecular weight excluding hydrogens is 527 g/mol. The first-order chi connectivity index (χ1) is 18.1. The van der Waals surface area contributed by atoms with Gasteiger partial charge in [-0.05, 0) is 73.0 Å². The summed E-state index contributed by atoms with van der Waals surface area (Å²) < 4.78 is 52.9. The molecule has 0 heterocycles. The van der Waals surface area contributed by atoms with Crippen LogP contribution >= 0.6 is 11.8 Å². The molecule has 3 aromatic rings. The van der Waals surface area contributed by atoms with Crippen LogP contribution in [0.2, 0.25) is 0 Å². The van der Waals surface area contributed by atoms with Crippen LogP contribution in [-0.2, 0) is 20.6 Å². The maximum Gasteiger partial charge on any atom is 0.264 e. The van der Waals surface area contributed by atoms with E-state index in [9.17, 15) is 17.6 Å². The molecule has 7 nitrogen and oxygen atoms in total. The zero-order chi connectivity index (χ0) is 27.7. The average molecular weight is 561 g/mol. The number of benzene rings is 3. The summed E-state index contributed by atoms with van der Waals surface area (Å²) in [6.45, 7) is 3.73. The number of hydrogen-bond acceptors (Lipinski definition) is 6. The second kappa shape index (κ2) is 13.5. The van der Waals surface area contributed by atoms with Crippen LogP contribution in [0.5, 0.6) is 11.5 Å². The van der Waals surface area contributed by atoms with E-state index in [1.807, 2.05) is 19.9 Å². The van der Waals surface area contributed by atoms with Crippen LogP contribution < -0.4 is 19.1 Å². The first-order valence-electron chi connectivity index (χ1n) is 12.1. The summed E-state index contributed by atoms with van der Waals surface area (Å²) in [4.78, 5) is 12.9. The third-order valence-corrected chi connectivity index (χ3v) is 8.59. The summed E-state index contributed by atoms with van der Waals surface area (Å²) in [7, 11) is -1.22. The number of nitrogens with zero attached hydrogens (tertiary/aromatic N) is 1. The van der Waals surface area contributed by atoms with Crippen molar-refractivity contribution in [1.82, 2.24) is 5.32 Å². The average Bonchev–Trinajstić information content (AvgIpc) is 2.89. The van der Waals surface area contributed by atoms with Crippen molar-refractivity contribution >= 4 is 33.4 Å². The largest absolute Gasteiger partial charge is 0.493 e. The Balaban J connectivity index is 1.70. The standard InChI is InChI=1S/C28H33FN2O5S2/c1-20-14-21(2)16-23(15-20)31(38(33,34)24-10-11-26(35-3)27(17-24)36-4)18-28(32)30-12-7-13-37-19-22-8-5-6-9-25(22)29/h5-6,8-11,14-17H,7,12-13,18-19H2,1-4H3,(H,30,32). The van der Waals surface area contributed by atoms with E-state index in [-0.39, 0.29) is 23.0 Å². The number of carbonyl (C=O) groups is 1. The molecule has 3 rings (SSSR count). The molecule has 1 N–H and O–H groups in total. The van der Waals surface area contributed by atoms with Gasteiger partial charge in [-0.15, -0.1) is 0 Å². The molecule has 0 aliphatic rings. The smallest absolute Gasteiger partial charge is 0.264 e. The number of aryl methyl sites for hydroxylation is 2. The number of anilines is 1. The summed E-state index contributed by atoms with van der Waals surface area (Å²) in [5.41, 5.74) is 2.79. The highest BCUT2D eigenvalue weighted by Gasteiger charge is 2.28. The van der Waals surface area contributed by atoms with Crippen molar-refractivity contribution in [1.29, 1.82) is 0 Å². The molecule has 0 unspecified atom stereocenters. The molecule has 0 saturated carbocycles. The molecule has 10 heteroatoms. The fourth-order valence-electron chi connectivity index (χ4n) is 3.90. The van der Waals surface area contributed by atoms with E-state index in [0.29, 0.717) is 35.7 Å². The predicted molar refractivity (Wildman–Crippen MR) is 150 cm³/mol. The Morgan fingerprint density at radius 3 is 2.32 bits per heavy atom. The van der Waals surface area contributed by atoms with Crippen molar-refractivity contribution in [3.05, 3.63) is 83.2 Å². The Morgan fingerprint density at radius 2 is 1.66 bits per heavy atom. The minimum Gasteiger partial charge on any atom is -0.493 e. The Bertz CT molecular complexity index is 1340. The predicted octanol–water partition coefficient (Wildman–Crippen LogP) is 5.09. The lowest BCUT2D eigenvalue weighted by Crippen LogP contribution is -2.41. The van der Waals surface area contributed by atoms with Crippen LogP contribution in [-0.4, -0.2) is 47.4 Å². The highest BCUT2D eigenvalue weighted by atomic mass is 32.2. The lowest BCUT2D eigenvalue weighted by Gasteiger charge is -2.25. The van der Waals surface area contributed by atoms with E-state index in [1.165, 1.54) is 38.5 Å². The topological polar surface area (TPSA) is 84.9 Å². The van der Waals surface area contributed by atoms with Gasteiger partial charge < -0.3 is 14.8 Å². The molecule has 3 aromatic carbocycles. The molecule has 0 bridgehead atoms. The Kier molecular flexibility index (Phi) is 10.4. The quantitative estimate of drug-likeness (QED) is 0.293. The first-order valence-corrected chi connectivity index (χ1v) is 14.7. The van der Waals surface area contributed by atoms with Gasteiger partial charge in [0.25, 0.3) is 10.0 Å². The van der Waals surface area contributed by atoms with Gasteiger partial charge in [-0.1, -0.05) is 24.3 Å². The summed E-state index contributed by atoms with van der Waals surface area (Å²) in [6.07, 6.45) is 0.664. The Labute approximate surface area is 228 Å². The first kappa shape index (κ1) is 29.3. The second-order valence-electron chi connectivity index (χ2n) is 8.72. The van der Waals surface area contributed by atoms with E-state index in [2.05, 4.69) is 5.32 Å². The van der Waals surface area contributed by atoms with Crippen molar-refractivity contribution in [2.45, 2.75) is 30.9 Å². The van der Waals surface area contributed by atoms with E-state index in [4.69, 9.17) is 9.47 Å². The molecule has 0 radical (unpaired) electrons. The van der Waals surface area contributed by atoms with Crippen LogP contribution in [0.3, 0.4) is 0 Å². The van der Waals surface area contributed by atoms with E-state index in [0.717, 1.165) is 21.2 Å². The van der Waals surface area contributed by atoms with E-state index >= 15 is 0 Å². The highest BCUT2D eigenvalue weighted by molar-refractivity contribution is 7.98. The molecule has 0 atom stereocenters. The van der Waals surface area contributed by atoms with Crippen molar-refractivity contribution in [3.63, 3.8) is 0 Å². The van der Waals surface area contributed by atoms with Crippen LogP contribution in [0, 0.1) is 19.7 Å². The van der Waals surface area contributed by atoms with E-state index in [1.54, 1.807) is 42.1 Å². The Hall–Kier alpha value is -3.24. The van der Waals surface area contributed by atoms with Gasteiger partial charge in [-0.3, -0.25) is 9.10 Å². The maximum absolute atomic E-state index is 13.8. The molecule has 0 fully saturated rings. The number of amides is 1. The van der Waals surface area contributed by atoms with Crippen LogP contribution in [0.25, 0.3) is 0 Å². The van der Waals surface area contributed by atoms with Crippen LogP contribution in [0.15, 0.2) is 65.6 Å². The third-order valence-electron chi connectivity index (χ3n) is 5.73. The zero-order valence-corrected chi connectivity index (χ0v) is 23.6. The lowest BCUT2D eigenvalue weighted by molar-refractivity contribution is -0.119. The fourth-order valence-corrected chi connectivity index (χ4v) is 6.27. The second-order valence-corrected chi connectivity index (χ2v) is 11.7. The molecular formula is C28H33FN2O5S2. The number of nitrogens with one attached hydrogen (secondary N) is 1.